The van der Waals surface area contributed by atoms with Crippen LogP contribution in [0.25, 0.3) is 11.3 Å². The quantitative estimate of drug-likeness (QED) is 0.871. The van der Waals surface area contributed by atoms with Gasteiger partial charge in [0.15, 0.2) is 0 Å². The molecule has 106 valence electrons. The van der Waals surface area contributed by atoms with Gasteiger partial charge in [-0.1, -0.05) is 23.7 Å². The summed E-state index contributed by atoms with van der Waals surface area (Å²) in [4.78, 5) is 13.6. The van der Waals surface area contributed by atoms with Gasteiger partial charge in [0.1, 0.15) is 6.04 Å². The van der Waals surface area contributed by atoms with Crippen LogP contribution in [0.15, 0.2) is 30.5 Å². The third kappa shape index (κ3) is 2.85. The fraction of sp³-hybridized carbons (Fsp3) is 0.333. The highest BCUT2D eigenvalue weighted by Crippen LogP contribution is 2.24. The third-order valence-electron chi connectivity index (χ3n) is 3.23. The molecule has 0 N–H and O–H groups in total. The highest BCUT2D eigenvalue weighted by Gasteiger charge is 2.19. The van der Waals surface area contributed by atoms with Crippen molar-refractivity contribution in [3.63, 3.8) is 0 Å². The van der Waals surface area contributed by atoms with Crippen molar-refractivity contribution in [2.45, 2.75) is 19.9 Å². The van der Waals surface area contributed by atoms with Crippen LogP contribution in [0.4, 0.5) is 0 Å². The van der Waals surface area contributed by atoms with Gasteiger partial charge in [0.25, 0.3) is 0 Å². The number of rotatable bonds is 3. The maximum atomic E-state index is 12.0. The molecule has 0 saturated heterocycles. The van der Waals surface area contributed by atoms with Gasteiger partial charge < -0.3 is 4.90 Å². The molecule has 0 aliphatic rings. The summed E-state index contributed by atoms with van der Waals surface area (Å²) in [5.41, 5.74) is 2.90. The molecule has 2 rings (SSSR count). The molecule has 1 heterocycles. The highest BCUT2D eigenvalue weighted by atomic mass is 35.5. The SMILES string of the molecule is Cc1cn(C(C)C(=O)N(C)C)nc1-c1ccc(Cl)cc1. The normalized spacial score (nSPS) is 12.2. The molecule has 4 nitrogen and oxygen atoms in total. The van der Waals surface area contributed by atoms with Crippen LogP contribution in [0, 0.1) is 6.92 Å². The molecule has 20 heavy (non-hydrogen) atoms. The van der Waals surface area contributed by atoms with Gasteiger partial charge in [-0.15, -0.1) is 0 Å². The van der Waals surface area contributed by atoms with Gasteiger partial charge in [0.05, 0.1) is 5.69 Å². The topological polar surface area (TPSA) is 38.1 Å². The molecule has 1 aromatic carbocycles. The Kier molecular flexibility index (Phi) is 4.14. The fourth-order valence-electron chi connectivity index (χ4n) is 2.06. The third-order valence-corrected chi connectivity index (χ3v) is 3.48. The Morgan fingerprint density at radius 2 is 1.90 bits per heavy atom. The summed E-state index contributed by atoms with van der Waals surface area (Å²) in [7, 11) is 3.49. The van der Waals surface area contributed by atoms with E-state index in [1.54, 1.807) is 23.7 Å². The van der Waals surface area contributed by atoms with Crippen molar-refractivity contribution >= 4 is 17.5 Å². The van der Waals surface area contributed by atoms with E-state index in [2.05, 4.69) is 5.10 Å². The van der Waals surface area contributed by atoms with Gasteiger partial charge in [-0.2, -0.15) is 5.10 Å². The molecule has 0 fully saturated rings. The average Bonchev–Trinajstić information content (AvgIpc) is 2.80. The molecular weight excluding hydrogens is 274 g/mol. The predicted octanol–water partition coefficient (Wildman–Crippen LogP) is 3.16. The van der Waals surface area contributed by atoms with Crippen LogP contribution in [0.3, 0.4) is 0 Å². The van der Waals surface area contributed by atoms with Crippen molar-refractivity contribution in [1.29, 1.82) is 0 Å². The Labute approximate surface area is 124 Å². The van der Waals surface area contributed by atoms with E-state index >= 15 is 0 Å². The van der Waals surface area contributed by atoms with E-state index in [-0.39, 0.29) is 11.9 Å². The summed E-state index contributed by atoms with van der Waals surface area (Å²) < 4.78 is 1.71. The van der Waals surface area contributed by atoms with E-state index in [9.17, 15) is 4.79 Å². The summed E-state index contributed by atoms with van der Waals surface area (Å²) in [6.07, 6.45) is 1.90. The zero-order chi connectivity index (χ0) is 14.9. The van der Waals surface area contributed by atoms with Gasteiger partial charge in [-0.05, 0) is 31.5 Å². The Morgan fingerprint density at radius 3 is 2.45 bits per heavy atom. The number of amides is 1. The lowest BCUT2D eigenvalue weighted by Crippen LogP contribution is -2.30. The molecular formula is C15H18ClN3O. The number of carbonyl (C=O) groups excluding carboxylic acids is 1. The second kappa shape index (κ2) is 5.67. The first-order valence-corrected chi connectivity index (χ1v) is 6.81. The molecule has 0 bridgehead atoms. The van der Waals surface area contributed by atoms with E-state index in [0.29, 0.717) is 5.02 Å². The average molecular weight is 292 g/mol. The number of benzene rings is 1. The first-order valence-electron chi connectivity index (χ1n) is 6.43. The minimum Gasteiger partial charge on any atom is -0.347 e. The molecule has 0 radical (unpaired) electrons. The number of halogens is 1. The van der Waals surface area contributed by atoms with Crippen LogP contribution in [-0.2, 0) is 4.79 Å². The van der Waals surface area contributed by atoms with Crippen LogP contribution in [0.1, 0.15) is 18.5 Å². The second-order valence-corrected chi connectivity index (χ2v) is 5.49. The predicted molar refractivity (Wildman–Crippen MR) is 80.8 cm³/mol. The first-order chi connectivity index (χ1) is 9.40. The molecule has 1 amide bonds. The fourth-order valence-corrected chi connectivity index (χ4v) is 2.19. The highest BCUT2D eigenvalue weighted by molar-refractivity contribution is 6.30. The number of nitrogens with zero attached hydrogens (tertiary/aromatic N) is 3. The minimum absolute atomic E-state index is 0.0233. The minimum atomic E-state index is -0.315. The van der Waals surface area contributed by atoms with Crippen molar-refractivity contribution in [3.05, 3.63) is 41.0 Å². The summed E-state index contributed by atoms with van der Waals surface area (Å²) in [6.45, 7) is 3.83. The van der Waals surface area contributed by atoms with Crippen LogP contribution in [0.2, 0.25) is 5.02 Å². The second-order valence-electron chi connectivity index (χ2n) is 5.06. The molecule has 0 spiro atoms. The van der Waals surface area contributed by atoms with E-state index in [1.807, 2.05) is 44.3 Å². The van der Waals surface area contributed by atoms with E-state index < -0.39 is 0 Å². The molecule has 0 aliphatic heterocycles. The van der Waals surface area contributed by atoms with E-state index in [0.717, 1.165) is 16.8 Å². The van der Waals surface area contributed by atoms with Gasteiger partial charge in [-0.3, -0.25) is 9.48 Å². The summed E-state index contributed by atoms with van der Waals surface area (Å²) >= 11 is 5.90. The van der Waals surface area contributed by atoms with Crippen LogP contribution in [-0.4, -0.2) is 34.7 Å². The Morgan fingerprint density at radius 1 is 1.30 bits per heavy atom. The van der Waals surface area contributed by atoms with Crippen molar-refractivity contribution in [2.75, 3.05) is 14.1 Å². The maximum absolute atomic E-state index is 12.0. The van der Waals surface area contributed by atoms with Crippen molar-refractivity contribution in [2.24, 2.45) is 0 Å². The molecule has 2 aromatic rings. The lowest BCUT2D eigenvalue weighted by molar-refractivity contribution is -0.131. The largest absolute Gasteiger partial charge is 0.347 e. The van der Waals surface area contributed by atoms with Crippen molar-refractivity contribution in [1.82, 2.24) is 14.7 Å². The van der Waals surface area contributed by atoms with Crippen molar-refractivity contribution in [3.8, 4) is 11.3 Å². The number of hydrogen-bond donors (Lipinski definition) is 0. The van der Waals surface area contributed by atoms with Crippen LogP contribution >= 0.6 is 11.6 Å². The Balaban J connectivity index is 2.34. The standard InChI is InChI=1S/C15H18ClN3O/c1-10-9-19(11(2)15(20)18(3)4)17-14(10)12-5-7-13(16)8-6-12/h5-9,11H,1-4H3. The zero-order valence-electron chi connectivity index (χ0n) is 12.1. The van der Waals surface area contributed by atoms with Crippen LogP contribution < -0.4 is 0 Å². The number of carbonyl (C=O) groups is 1. The number of aryl methyl sites for hydroxylation is 1. The molecule has 5 heteroatoms. The van der Waals surface area contributed by atoms with Gasteiger partial charge in [0, 0.05) is 30.9 Å². The maximum Gasteiger partial charge on any atom is 0.246 e. The lowest BCUT2D eigenvalue weighted by Gasteiger charge is -2.16. The number of hydrogen-bond acceptors (Lipinski definition) is 2. The molecule has 1 aromatic heterocycles. The van der Waals surface area contributed by atoms with Gasteiger partial charge >= 0.3 is 0 Å². The smallest absolute Gasteiger partial charge is 0.246 e. The molecule has 0 aliphatic carbocycles. The van der Waals surface area contributed by atoms with E-state index in [1.165, 1.54) is 0 Å². The monoisotopic (exact) mass is 291 g/mol. The van der Waals surface area contributed by atoms with E-state index in [4.69, 9.17) is 11.6 Å². The zero-order valence-corrected chi connectivity index (χ0v) is 12.8. The molecule has 1 atom stereocenters. The Bertz CT molecular complexity index is 617. The summed E-state index contributed by atoms with van der Waals surface area (Å²) in [6, 6.07) is 7.22. The summed E-state index contributed by atoms with van der Waals surface area (Å²) in [5.74, 6) is 0.0233. The number of aromatic nitrogens is 2. The lowest BCUT2D eigenvalue weighted by atomic mass is 10.1. The number of likely N-dealkylation sites (N-methyl/N-ethyl adjacent to an activating group) is 1. The summed E-state index contributed by atoms with van der Waals surface area (Å²) in [5, 5.41) is 5.24. The van der Waals surface area contributed by atoms with Crippen molar-refractivity contribution < 1.29 is 4.79 Å². The van der Waals surface area contributed by atoms with Gasteiger partial charge in [-0.25, -0.2) is 0 Å². The molecule has 1 unspecified atom stereocenters. The van der Waals surface area contributed by atoms with Crippen LogP contribution in [0.5, 0.6) is 0 Å². The van der Waals surface area contributed by atoms with Gasteiger partial charge in [0.2, 0.25) is 5.91 Å². The molecule has 0 saturated carbocycles. The first kappa shape index (κ1) is 14.6. The Hall–Kier alpha value is -1.81.